The van der Waals surface area contributed by atoms with Gasteiger partial charge in [0.05, 0.1) is 6.04 Å². The zero-order valence-electron chi connectivity index (χ0n) is 14.7. The molecule has 2 heterocycles. The van der Waals surface area contributed by atoms with Gasteiger partial charge in [-0.15, -0.1) is 0 Å². The molecule has 0 spiro atoms. The van der Waals surface area contributed by atoms with Gasteiger partial charge >= 0.3 is 0 Å². The largest absolute Gasteiger partial charge is 0.347 e. The summed E-state index contributed by atoms with van der Waals surface area (Å²) in [5.74, 6) is -1.83. The van der Waals surface area contributed by atoms with Crippen LogP contribution in [0.25, 0.3) is 0 Å². The van der Waals surface area contributed by atoms with Crippen molar-refractivity contribution in [3.05, 3.63) is 53.9 Å². The fourth-order valence-corrected chi connectivity index (χ4v) is 3.26. The maximum atomic E-state index is 13.9. The fourth-order valence-electron chi connectivity index (χ4n) is 3.26. The monoisotopic (exact) mass is 361 g/mol. The summed E-state index contributed by atoms with van der Waals surface area (Å²) in [6.45, 7) is 1.84. The van der Waals surface area contributed by atoms with Crippen LogP contribution in [0.1, 0.15) is 10.4 Å². The van der Waals surface area contributed by atoms with Crippen molar-refractivity contribution in [2.45, 2.75) is 6.04 Å². The Bertz CT molecular complexity index is 751. The summed E-state index contributed by atoms with van der Waals surface area (Å²) in [5, 5.41) is 2.79. The lowest BCUT2D eigenvalue weighted by Crippen LogP contribution is -2.44. The summed E-state index contributed by atoms with van der Waals surface area (Å²) >= 11 is 0. The van der Waals surface area contributed by atoms with Gasteiger partial charge in [-0.1, -0.05) is 6.07 Å². The second-order valence-corrected chi connectivity index (χ2v) is 6.65. The minimum Gasteiger partial charge on any atom is -0.347 e. The molecular weight excluding hydrogens is 340 g/mol. The van der Waals surface area contributed by atoms with Crippen molar-refractivity contribution in [3.63, 3.8) is 0 Å². The van der Waals surface area contributed by atoms with Crippen molar-refractivity contribution in [1.29, 1.82) is 0 Å². The molecule has 2 atom stereocenters. The Labute approximate surface area is 150 Å². The number of anilines is 1. The number of halogens is 2. The average molecular weight is 361 g/mol. The Balaban J connectivity index is 1.78. The first-order valence-electron chi connectivity index (χ1n) is 8.37. The number of carbonyl (C=O) groups excluding carboxylic acids is 1. The first-order valence-corrected chi connectivity index (χ1v) is 8.37. The molecule has 0 saturated carbocycles. The topological polar surface area (TPSA) is 61.4 Å². The van der Waals surface area contributed by atoms with Gasteiger partial charge in [0.2, 0.25) is 5.95 Å². The highest BCUT2D eigenvalue weighted by molar-refractivity contribution is 5.95. The number of hydrogen-bond donors (Lipinski definition) is 1. The molecule has 26 heavy (non-hydrogen) atoms. The zero-order chi connectivity index (χ0) is 18.7. The van der Waals surface area contributed by atoms with Crippen LogP contribution in [-0.2, 0) is 0 Å². The number of benzene rings is 1. The third-order valence-corrected chi connectivity index (χ3v) is 4.38. The molecule has 0 bridgehead atoms. The molecule has 1 aliphatic rings. The van der Waals surface area contributed by atoms with E-state index in [9.17, 15) is 13.6 Å². The number of amides is 1. The Morgan fingerprint density at radius 1 is 1.19 bits per heavy atom. The molecule has 3 rings (SSSR count). The van der Waals surface area contributed by atoms with E-state index in [0.717, 1.165) is 12.1 Å². The van der Waals surface area contributed by atoms with Gasteiger partial charge in [-0.25, -0.2) is 18.7 Å². The molecule has 2 aromatic rings. The van der Waals surface area contributed by atoms with E-state index in [4.69, 9.17) is 0 Å². The second kappa shape index (κ2) is 7.74. The van der Waals surface area contributed by atoms with Crippen molar-refractivity contribution in [2.24, 2.45) is 5.92 Å². The summed E-state index contributed by atoms with van der Waals surface area (Å²) in [5.41, 5.74) is -0.550. The van der Waals surface area contributed by atoms with Crippen LogP contribution in [0.15, 0.2) is 36.7 Å². The molecule has 1 aromatic carbocycles. The van der Waals surface area contributed by atoms with Crippen molar-refractivity contribution < 1.29 is 13.6 Å². The van der Waals surface area contributed by atoms with Crippen LogP contribution >= 0.6 is 0 Å². The molecule has 1 fully saturated rings. The lowest BCUT2D eigenvalue weighted by Gasteiger charge is -2.22. The van der Waals surface area contributed by atoms with Gasteiger partial charge in [0, 0.05) is 37.9 Å². The number of nitrogens with one attached hydrogen (secondary N) is 1. The highest BCUT2D eigenvalue weighted by Crippen LogP contribution is 2.22. The standard InChI is InChI=1S/C18H21F2N5O/c1-24(2)9-12-10-25(18-21-7-4-8-22-18)11-15(12)23-17(26)16-13(19)5-3-6-14(16)20/h3-8,12,15H,9-11H2,1-2H3,(H,23,26)/t12-,15-/m1/s1. The number of carbonyl (C=O) groups is 1. The molecule has 1 saturated heterocycles. The second-order valence-electron chi connectivity index (χ2n) is 6.65. The molecule has 1 aliphatic heterocycles. The van der Waals surface area contributed by atoms with Crippen molar-refractivity contribution in [2.75, 3.05) is 38.6 Å². The predicted molar refractivity (Wildman–Crippen MR) is 93.9 cm³/mol. The summed E-state index contributed by atoms with van der Waals surface area (Å²) in [4.78, 5) is 24.9. The van der Waals surface area contributed by atoms with E-state index in [1.165, 1.54) is 6.07 Å². The summed E-state index contributed by atoms with van der Waals surface area (Å²) in [6, 6.07) is 4.85. The minimum absolute atomic E-state index is 0.0765. The van der Waals surface area contributed by atoms with Crippen LogP contribution in [0.4, 0.5) is 14.7 Å². The lowest BCUT2D eigenvalue weighted by atomic mass is 10.0. The molecular formula is C18H21F2N5O. The molecule has 0 aliphatic carbocycles. The molecule has 1 amide bonds. The summed E-state index contributed by atoms with van der Waals surface area (Å²) in [6.07, 6.45) is 3.31. The Morgan fingerprint density at radius 2 is 1.85 bits per heavy atom. The van der Waals surface area contributed by atoms with Crippen molar-refractivity contribution >= 4 is 11.9 Å². The highest BCUT2D eigenvalue weighted by Gasteiger charge is 2.36. The van der Waals surface area contributed by atoms with E-state index in [0.29, 0.717) is 25.6 Å². The minimum atomic E-state index is -0.868. The Hall–Kier alpha value is -2.61. The molecule has 6 nitrogen and oxygen atoms in total. The van der Waals surface area contributed by atoms with Crippen LogP contribution in [0.5, 0.6) is 0 Å². The first-order chi connectivity index (χ1) is 12.5. The number of rotatable bonds is 5. The van der Waals surface area contributed by atoms with Crippen LogP contribution in [0, 0.1) is 17.6 Å². The summed E-state index contributed by atoms with van der Waals surface area (Å²) < 4.78 is 27.8. The van der Waals surface area contributed by atoms with Gasteiger partial charge in [0.15, 0.2) is 0 Å². The fraction of sp³-hybridized carbons (Fsp3) is 0.389. The van der Waals surface area contributed by atoms with Gasteiger partial charge in [-0.2, -0.15) is 0 Å². The highest BCUT2D eigenvalue weighted by atomic mass is 19.1. The molecule has 8 heteroatoms. The van der Waals surface area contributed by atoms with Gasteiger partial charge < -0.3 is 15.1 Å². The molecule has 1 aromatic heterocycles. The maximum absolute atomic E-state index is 13.9. The average Bonchev–Trinajstić information content (AvgIpc) is 2.97. The van der Waals surface area contributed by atoms with Gasteiger partial charge in [-0.3, -0.25) is 4.79 Å². The van der Waals surface area contributed by atoms with Crippen molar-refractivity contribution in [1.82, 2.24) is 20.2 Å². The first kappa shape index (κ1) is 18.2. The number of hydrogen-bond acceptors (Lipinski definition) is 5. The van der Waals surface area contributed by atoms with E-state index < -0.39 is 23.1 Å². The summed E-state index contributed by atoms with van der Waals surface area (Å²) in [7, 11) is 3.88. The van der Waals surface area contributed by atoms with E-state index in [1.807, 2.05) is 23.9 Å². The number of aromatic nitrogens is 2. The van der Waals surface area contributed by atoms with E-state index >= 15 is 0 Å². The van der Waals surface area contributed by atoms with Crippen LogP contribution in [0.3, 0.4) is 0 Å². The molecule has 0 unspecified atom stereocenters. The molecule has 0 radical (unpaired) electrons. The smallest absolute Gasteiger partial charge is 0.257 e. The van der Waals surface area contributed by atoms with Crippen LogP contribution in [-0.4, -0.2) is 60.5 Å². The van der Waals surface area contributed by atoms with Gasteiger partial charge in [0.1, 0.15) is 17.2 Å². The van der Waals surface area contributed by atoms with E-state index in [-0.39, 0.29) is 12.0 Å². The van der Waals surface area contributed by atoms with Crippen molar-refractivity contribution in [3.8, 4) is 0 Å². The number of nitrogens with zero attached hydrogens (tertiary/aromatic N) is 4. The predicted octanol–water partition coefficient (Wildman–Crippen LogP) is 1.55. The van der Waals surface area contributed by atoms with Crippen LogP contribution in [0.2, 0.25) is 0 Å². The van der Waals surface area contributed by atoms with Gasteiger partial charge in [-0.05, 0) is 32.3 Å². The maximum Gasteiger partial charge on any atom is 0.257 e. The zero-order valence-corrected chi connectivity index (χ0v) is 14.7. The lowest BCUT2D eigenvalue weighted by molar-refractivity contribution is 0.0919. The third kappa shape index (κ3) is 3.96. The van der Waals surface area contributed by atoms with E-state index in [2.05, 4.69) is 15.3 Å². The van der Waals surface area contributed by atoms with E-state index in [1.54, 1.807) is 18.5 Å². The Kier molecular flexibility index (Phi) is 5.41. The SMILES string of the molecule is CN(C)C[C@@H]1CN(c2ncccn2)C[C@H]1NC(=O)c1c(F)cccc1F. The third-order valence-electron chi connectivity index (χ3n) is 4.38. The van der Waals surface area contributed by atoms with Crippen LogP contribution < -0.4 is 10.2 Å². The molecule has 1 N–H and O–H groups in total. The van der Waals surface area contributed by atoms with Gasteiger partial charge in [0.25, 0.3) is 5.91 Å². The quantitative estimate of drug-likeness (QED) is 0.876. The Morgan fingerprint density at radius 3 is 2.46 bits per heavy atom. The normalized spacial score (nSPS) is 19.8. The molecule has 138 valence electrons.